The maximum Gasteiger partial charge on any atom is 0.335 e. The normalized spacial score (nSPS) is 18.5. The van der Waals surface area contributed by atoms with Gasteiger partial charge < -0.3 is 10.1 Å². The fourth-order valence-corrected chi connectivity index (χ4v) is 4.72. The zero-order valence-corrected chi connectivity index (χ0v) is 18.6. The monoisotopic (exact) mass is 468 g/mol. The zero-order valence-electron chi connectivity index (χ0n) is 17.0. The van der Waals surface area contributed by atoms with E-state index in [2.05, 4.69) is 38.3 Å². The highest BCUT2D eigenvalue weighted by atomic mass is 79.9. The van der Waals surface area contributed by atoms with Crippen molar-refractivity contribution < 1.29 is 14.3 Å². The molecular weight excluding hydrogens is 444 g/mol. The molecular formula is C24H25BrN2O3. The number of ether oxygens (including phenoxy) is 1. The number of carbonyl (C=O) groups is 2. The van der Waals surface area contributed by atoms with Gasteiger partial charge in [0, 0.05) is 49.1 Å². The standard InChI is InChI=1S/C24H25BrN2O3/c1-17-21(22(28)26-15-19-9-5-6-10-20(19)25)24(30-23(17)29)11-13-27(14-12-24)16-18-7-3-2-4-8-18/h2-10H,11-16H2,1H3,(H,26,28). The molecule has 0 bridgehead atoms. The molecule has 1 amide bonds. The third-order valence-corrected chi connectivity index (χ3v) is 6.74. The molecule has 156 valence electrons. The topological polar surface area (TPSA) is 58.6 Å². The van der Waals surface area contributed by atoms with Crippen molar-refractivity contribution in [2.75, 3.05) is 13.1 Å². The van der Waals surface area contributed by atoms with Gasteiger partial charge >= 0.3 is 5.97 Å². The summed E-state index contributed by atoms with van der Waals surface area (Å²) in [4.78, 5) is 27.8. The number of amides is 1. The van der Waals surface area contributed by atoms with Crippen LogP contribution in [0.5, 0.6) is 0 Å². The van der Waals surface area contributed by atoms with E-state index in [0.717, 1.165) is 29.7 Å². The predicted molar refractivity (Wildman–Crippen MR) is 118 cm³/mol. The molecule has 0 radical (unpaired) electrons. The number of hydrogen-bond donors (Lipinski definition) is 1. The second-order valence-electron chi connectivity index (χ2n) is 7.92. The van der Waals surface area contributed by atoms with Crippen molar-refractivity contribution in [3.8, 4) is 0 Å². The minimum atomic E-state index is -0.813. The molecule has 2 aliphatic rings. The van der Waals surface area contributed by atoms with E-state index in [9.17, 15) is 9.59 Å². The van der Waals surface area contributed by atoms with Gasteiger partial charge in [-0.15, -0.1) is 0 Å². The van der Waals surface area contributed by atoms with Crippen molar-refractivity contribution >= 4 is 27.8 Å². The van der Waals surface area contributed by atoms with Crippen LogP contribution in [0.2, 0.25) is 0 Å². The summed E-state index contributed by atoms with van der Waals surface area (Å²) in [5, 5.41) is 2.98. The molecule has 2 aromatic rings. The number of nitrogens with one attached hydrogen (secondary N) is 1. The van der Waals surface area contributed by atoms with Crippen LogP contribution in [0, 0.1) is 0 Å². The summed E-state index contributed by atoms with van der Waals surface area (Å²) in [6.45, 7) is 4.49. The lowest BCUT2D eigenvalue weighted by molar-refractivity contribution is -0.151. The third-order valence-electron chi connectivity index (χ3n) is 5.96. The largest absolute Gasteiger partial charge is 0.450 e. The molecule has 1 N–H and O–H groups in total. The van der Waals surface area contributed by atoms with Crippen molar-refractivity contribution in [2.24, 2.45) is 0 Å². The summed E-state index contributed by atoms with van der Waals surface area (Å²) in [6, 6.07) is 18.1. The van der Waals surface area contributed by atoms with Crippen LogP contribution in [0.1, 0.15) is 30.9 Å². The van der Waals surface area contributed by atoms with Crippen LogP contribution in [-0.2, 0) is 27.4 Å². The lowest BCUT2D eigenvalue weighted by Crippen LogP contribution is -2.48. The summed E-state index contributed by atoms with van der Waals surface area (Å²) in [5.41, 5.74) is 2.36. The number of esters is 1. The summed E-state index contributed by atoms with van der Waals surface area (Å²) in [5.74, 6) is -0.594. The Morgan fingerprint density at radius 3 is 2.47 bits per heavy atom. The Hall–Kier alpha value is -2.44. The highest BCUT2D eigenvalue weighted by Gasteiger charge is 2.50. The fraction of sp³-hybridized carbons (Fsp3) is 0.333. The molecule has 1 saturated heterocycles. The summed E-state index contributed by atoms with van der Waals surface area (Å²) in [6.07, 6.45) is 1.25. The zero-order chi connectivity index (χ0) is 21.1. The molecule has 2 aliphatic heterocycles. The van der Waals surface area contributed by atoms with Gasteiger partial charge in [0.2, 0.25) is 0 Å². The maximum atomic E-state index is 13.1. The summed E-state index contributed by atoms with van der Waals surface area (Å²) < 4.78 is 6.74. The van der Waals surface area contributed by atoms with E-state index in [1.54, 1.807) is 6.92 Å². The number of likely N-dealkylation sites (tertiary alicyclic amines) is 1. The van der Waals surface area contributed by atoms with E-state index in [4.69, 9.17) is 4.74 Å². The first-order chi connectivity index (χ1) is 14.5. The van der Waals surface area contributed by atoms with Crippen LogP contribution in [0.4, 0.5) is 0 Å². The summed E-state index contributed by atoms with van der Waals surface area (Å²) in [7, 11) is 0. The minimum absolute atomic E-state index is 0.217. The molecule has 0 atom stereocenters. The van der Waals surface area contributed by atoms with E-state index >= 15 is 0 Å². The number of halogens is 1. The molecule has 5 nitrogen and oxygen atoms in total. The Kier molecular flexibility index (Phi) is 6.06. The Morgan fingerprint density at radius 1 is 1.10 bits per heavy atom. The van der Waals surface area contributed by atoms with Gasteiger partial charge in [0.25, 0.3) is 5.91 Å². The van der Waals surface area contributed by atoms with Crippen LogP contribution in [0.25, 0.3) is 0 Å². The highest BCUT2D eigenvalue weighted by Crippen LogP contribution is 2.41. The SMILES string of the molecule is CC1=C(C(=O)NCc2ccccc2Br)C2(CCN(Cc3ccccc3)CC2)OC1=O. The van der Waals surface area contributed by atoms with Crippen LogP contribution < -0.4 is 5.32 Å². The van der Waals surface area contributed by atoms with Gasteiger partial charge in [-0.05, 0) is 24.1 Å². The van der Waals surface area contributed by atoms with Crippen molar-refractivity contribution in [3.05, 3.63) is 81.3 Å². The van der Waals surface area contributed by atoms with E-state index in [1.807, 2.05) is 42.5 Å². The number of nitrogens with zero attached hydrogens (tertiary/aromatic N) is 1. The average molecular weight is 469 g/mol. The average Bonchev–Trinajstić information content (AvgIpc) is 2.99. The van der Waals surface area contributed by atoms with Gasteiger partial charge in [-0.1, -0.05) is 64.5 Å². The molecule has 6 heteroatoms. The van der Waals surface area contributed by atoms with Crippen molar-refractivity contribution in [1.29, 1.82) is 0 Å². The van der Waals surface area contributed by atoms with Crippen molar-refractivity contribution in [3.63, 3.8) is 0 Å². The summed E-state index contributed by atoms with van der Waals surface area (Å²) >= 11 is 3.51. The molecule has 1 spiro atoms. The lowest BCUT2D eigenvalue weighted by Gasteiger charge is -2.39. The second-order valence-corrected chi connectivity index (χ2v) is 8.77. The van der Waals surface area contributed by atoms with Crippen molar-refractivity contribution in [1.82, 2.24) is 10.2 Å². The Morgan fingerprint density at radius 2 is 1.77 bits per heavy atom. The molecule has 1 fully saturated rings. The first-order valence-electron chi connectivity index (χ1n) is 10.2. The van der Waals surface area contributed by atoms with E-state index in [-0.39, 0.29) is 11.9 Å². The molecule has 0 saturated carbocycles. The third kappa shape index (κ3) is 4.20. The van der Waals surface area contributed by atoms with Gasteiger partial charge in [-0.25, -0.2) is 4.79 Å². The minimum Gasteiger partial charge on any atom is -0.450 e. The van der Waals surface area contributed by atoms with Crippen molar-refractivity contribution in [2.45, 2.75) is 38.5 Å². The number of piperidine rings is 1. The van der Waals surface area contributed by atoms with Crippen LogP contribution in [0.15, 0.2) is 70.2 Å². The molecule has 0 aromatic heterocycles. The number of hydrogen-bond acceptors (Lipinski definition) is 4. The molecule has 0 unspecified atom stereocenters. The maximum absolute atomic E-state index is 13.1. The molecule has 4 rings (SSSR count). The van der Waals surface area contributed by atoms with Gasteiger partial charge in [0.05, 0.1) is 5.57 Å². The van der Waals surface area contributed by atoms with Crippen LogP contribution in [-0.4, -0.2) is 35.5 Å². The number of rotatable bonds is 5. The van der Waals surface area contributed by atoms with Gasteiger partial charge in [0.15, 0.2) is 0 Å². The second kappa shape index (κ2) is 8.74. The Balaban J connectivity index is 1.45. The number of benzene rings is 2. The molecule has 0 aliphatic carbocycles. The predicted octanol–water partition coefficient (Wildman–Crippen LogP) is 3.97. The molecule has 30 heavy (non-hydrogen) atoms. The highest BCUT2D eigenvalue weighted by molar-refractivity contribution is 9.10. The van der Waals surface area contributed by atoms with Crippen LogP contribution >= 0.6 is 15.9 Å². The Bertz CT molecular complexity index is 979. The van der Waals surface area contributed by atoms with Gasteiger partial charge in [0.1, 0.15) is 5.60 Å². The van der Waals surface area contributed by atoms with E-state index in [0.29, 0.717) is 30.5 Å². The van der Waals surface area contributed by atoms with Gasteiger partial charge in [-0.3, -0.25) is 9.69 Å². The Labute approximate surface area is 185 Å². The first kappa shape index (κ1) is 20.8. The smallest absolute Gasteiger partial charge is 0.335 e. The van der Waals surface area contributed by atoms with Crippen LogP contribution in [0.3, 0.4) is 0 Å². The molecule has 2 aromatic carbocycles. The lowest BCUT2D eigenvalue weighted by atomic mass is 9.82. The molecule has 2 heterocycles. The fourth-order valence-electron chi connectivity index (χ4n) is 4.30. The first-order valence-corrected chi connectivity index (χ1v) is 11.0. The van der Waals surface area contributed by atoms with E-state index < -0.39 is 5.60 Å². The number of carbonyl (C=O) groups excluding carboxylic acids is 2. The quantitative estimate of drug-likeness (QED) is 0.674. The van der Waals surface area contributed by atoms with E-state index in [1.165, 1.54) is 5.56 Å². The van der Waals surface area contributed by atoms with Gasteiger partial charge in [-0.2, -0.15) is 0 Å².